The molecule has 0 fully saturated rings. The van der Waals surface area contributed by atoms with Crippen LogP contribution in [0.1, 0.15) is 24.1 Å². The van der Waals surface area contributed by atoms with E-state index in [-0.39, 0.29) is 17.3 Å². The van der Waals surface area contributed by atoms with E-state index in [1.165, 1.54) is 6.33 Å². The number of phenols is 1. The Balaban J connectivity index is 1.85. The number of hydrogen-bond acceptors (Lipinski definition) is 7. The number of aromatic hydroxyl groups is 1. The van der Waals surface area contributed by atoms with Crippen molar-refractivity contribution in [2.45, 2.75) is 12.8 Å². The Labute approximate surface area is 151 Å². The second kappa shape index (κ2) is 7.83. The molecular weight excluding hydrogens is 330 g/mol. The number of nitrogens with zero attached hydrogens (tertiary/aromatic N) is 2. The summed E-state index contributed by atoms with van der Waals surface area (Å²) in [5.41, 5.74) is 8.13. The van der Waals surface area contributed by atoms with Crippen LogP contribution in [-0.4, -0.2) is 45.9 Å². The van der Waals surface area contributed by atoms with Gasteiger partial charge in [0, 0.05) is 17.4 Å². The maximum absolute atomic E-state index is 9.62. The summed E-state index contributed by atoms with van der Waals surface area (Å²) in [6.07, 6.45) is 3.41. The van der Waals surface area contributed by atoms with Gasteiger partial charge in [-0.25, -0.2) is 9.97 Å². The Kier molecular flexibility index (Phi) is 5.33. The summed E-state index contributed by atoms with van der Waals surface area (Å²) in [6.45, 7) is 1.69. The highest BCUT2D eigenvalue weighted by molar-refractivity contribution is 6.16. The summed E-state index contributed by atoms with van der Waals surface area (Å²) in [7, 11) is 1.93. The van der Waals surface area contributed by atoms with Gasteiger partial charge in [-0.3, -0.25) is 5.41 Å². The number of nitrogens with two attached hydrogens (primary N) is 1. The molecule has 3 rings (SSSR count). The molecule has 26 heavy (non-hydrogen) atoms. The Morgan fingerprint density at radius 2 is 2.04 bits per heavy atom. The topological polar surface area (TPSA) is 136 Å². The van der Waals surface area contributed by atoms with Crippen LogP contribution in [0.25, 0.3) is 10.9 Å². The third-order valence-corrected chi connectivity index (χ3v) is 4.15. The predicted octanol–water partition coefficient (Wildman–Crippen LogP) is 2.07. The molecule has 0 atom stereocenters. The number of H-pyrrole nitrogens is 1. The van der Waals surface area contributed by atoms with E-state index in [1.807, 2.05) is 7.05 Å². The average Bonchev–Trinajstić information content (AvgIpc) is 3.04. The molecule has 0 aliphatic rings. The second-order valence-electron chi connectivity index (χ2n) is 6.05. The van der Waals surface area contributed by atoms with Crippen molar-refractivity contribution >= 4 is 28.3 Å². The third kappa shape index (κ3) is 3.75. The highest BCUT2D eigenvalue weighted by Gasteiger charge is 2.17. The van der Waals surface area contributed by atoms with E-state index in [2.05, 4.69) is 25.6 Å². The summed E-state index contributed by atoms with van der Waals surface area (Å²) >= 11 is 0. The fourth-order valence-electron chi connectivity index (χ4n) is 2.80. The molecule has 0 spiro atoms. The lowest BCUT2D eigenvalue weighted by Crippen LogP contribution is -2.15. The Morgan fingerprint density at radius 3 is 2.85 bits per heavy atom. The van der Waals surface area contributed by atoms with Crippen LogP contribution in [0, 0.1) is 5.41 Å². The van der Waals surface area contributed by atoms with Gasteiger partial charge in [0.2, 0.25) is 0 Å². The van der Waals surface area contributed by atoms with E-state index in [4.69, 9.17) is 11.1 Å². The minimum atomic E-state index is 0.182. The van der Waals surface area contributed by atoms with E-state index in [1.54, 1.807) is 24.3 Å². The highest BCUT2D eigenvalue weighted by atomic mass is 16.3. The molecule has 0 amide bonds. The van der Waals surface area contributed by atoms with E-state index < -0.39 is 0 Å². The van der Waals surface area contributed by atoms with Crippen LogP contribution in [0.3, 0.4) is 0 Å². The Hall–Kier alpha value is -3.13. The van der Waals surface area contributed by atoms with Crippen molar-refractivity contribution < 1.29 is 5.11 Å². The normalized spacial score (nSPS) is 11.0. The van der Waals surface area contributed by atoms with Crippen molar-refractivity contribution in [3.05, 3.63) is 41.9 Å². The lowest BCUT2D eigenvalue weighted by atomic mass is 10.1. The van der Waals surface area contributed by atoms with Crippen molar-refractivity contribution in [1.82, 2.24) is 20.3 Å². The molecular formula is C18H23N7O. The molecule has 0 saturated heterocycles. The molecule has 2 heterocycles. The van der Waals surface area contributed by atoms with Gasteiger partial charge in [0.05, 0.1) is 17.0 Å². The lowest BCUT2D eigenvalue weighted by Gasteiger charge is -2.12. The second-order valence-corrected chi connectivity index (χ2v) is 6.05. The average molecular weight is 353 g/mol. The molecule has 136 valence electrons. The summed E-state index contributed by atoms with van der Waals surface area (Å²) in [6, 6.07) is 6.83. The number of benzene rings is 1. The number of unbranched alkanes of at least 4 members (excludes halogenated alkanes) is 1. The third-order valence-electron chi connectivity index (χ3n) is 4.15. The molecule has 2 aromatic heterocycles. The fourth-order valence-corrected chi connectivity index (χ4v) is 2.80. The number of phenolic OH excluding ortho intramolecular Hbond substituents is 1. The van der Waals surface area contributed by atoms with Gasteiger partial charge in [0.15, 0.2) is 0 Å². The molecule has 8 heteroatoms. The molecule has 7 N–H and O–H groups in total. The van der Waals surface area contributed by atoms with E-state index >= 15 is 0 Å². The van der Waals surface area contributed by atoms with Crippen molar-refractivity contribution in [2.75, 3.05) is 31.2 Å². The van der Waals surface area contributed by atoms with Gasteiger partial charge < -0.3 is 26.5 Å². The summed E-state index contributed by atoms with van der Waals surface area (Å²) in [4.78, 5) is 11.5. The zero-order valence-corrected chi connectivity index (χ0v) is 14.6. The molecule has 1 aromatic carbocycles. The van der Waals surface area contributed by atoms with Crippen molar-refractivity contribution in [3.8, 4) is 5.75 Å². The largest absolute Gasteiger partial charge is 0.508 e. The summed E-state index contributed by atoms with van der Waals surface area (Å²) < 4.78 is 0. The molecule has 8 nitrogen and oxygen atoms in total. The maximum Gasteiger partial charge on any atom is 0.141 e. The van der Waals surface area contributed by atoms with Crippen molar-refractivity contribution in [3.63, 3.8) is 0 Å². The SMILES string of the molecule is CNCCCCNc1ncnc(N)c1C(=N)c1cc2cc(O)ccc2[nH]1. The van der Waals surface area contributed by atoms with Gasteiger partial charge in [-0.2, -0.15) is 0 Å². The molecule has 0 radical (unpaired) electrons. The highest BCUT2D eigenvalue weighted by Crippen LogP contribution is 2.25. The van der Waals surface area contributed by atoms with Crippen molar-refractivity contribution in [2.24, 2.45) is 0 Å². The van der Waals surface area contributed by atoms with Crippen LogP contribution in [0.5, 0.6) is 5.75 Å². The quantitative estimate of drug-likeness (QED) is 0.271. The van der Waals surface area contributed by atoms with E-state index in [0.29, 0.717) is 17.1 Å². The standard InChI is InChI=1S/C18H23N7O/c1-21-6-2-3-7-22-18-15(17(20)23-10-24-18)16(19)14-9-11-8-12(26)4-5-13(11)25-14/h4-5,8-10,19,21,25-26H,2-3,6-7H2,1H3,(H3,20,22,23,24). The van der Waals surface area contributed by atoms with Crippen LogP contribution in [0.4, 0.5) is 11.6 Å². The first kappa shape index (κ1) is 17.7. The van der Waals surface area contributed by atoms with Crippen LogP contribution in [-0.2, 0) is 0 Å². The maximum atomic E-state index is 9.62. The first-order chi connectivity index (χ1) is 12.6. The number of anilines is 2. The molecule has 0 saturated carbocycles. The van der Waals surface area contributed by atoms with Gasteiger partial charge in [0.25, 0.3) is 0 Å². The number of fused-ring (bicyclic) bond motifs is 1. The molecule has 3 aromatic rings. The summed E-state index contributed by atoms with van der Waals surface area (Å²) in [5, 5.41) is 25.4. The lowest BCUT2D eigenvalue weighted by molar-refractivity contribution is 0.476. The number of hydrogen-bond donors (Lipinski definition) is 6. The van der Waals surface area contributed by atoms with Crippen molar-refractivity contribution in [1.29, 1.82) is 5.41 Å². The van der Waals surface area contributed by atoms with Crippen LogP contribution >= 0.6 is 0 Å². The van der Waals surface area contributed by atoms with Gasteiger partial charge >= 0.3 is 0 Å². The zero-order chi connectivity index (χ0) is 18.5. The monoisotopic (exact) mass is 353 g/mol. The number of rotatable bonds is 8. The van der Waals surface area contributed by atoms with E-state index in [0.717, 1.165) is 36.8 Å². The van der Waals surface area contributed by atoms with Crippen LogP contribution in [0.2, 0.25) is 0 Å². The molecule has 0 bridgehead atoms. The van der Waals surface area contributed by atoms with Crippen LogP contribution < -0.4 is 16.4 Å². The number of nitrogen functional groups attached to an aromatic ring is 1. The number of aromatic amines is 1. The van der Waals surface area contributed by atoms with Crippen LogP contribution in [0.15, 0.2) is 30.6 Å². The smallest absolute Gasteiger partial charge is 0.141 e. The number of aromatic nitrogens is 3. The van der Waals surface area contributed by atoms with Gasteiger partial charge in [-0.05, 0) is 50.7 Å². The first-order valence-corrected chi connectivity index (χ1v) is 8.50. The Bertz CT molecular complexity index is 919. The van der Waals surface area contributed by atoms with Gasteiger partial charge in [-0.1, -0.05) is 0 Å². The zero-order valence-electron chi connectivity index (χ0n) is 14.6. The van der Waals surface area contributed by atoms with Gasteiger partial charge in [0.1, 0.15) is 23.7 Å². The molecule has 0 aliphatic carbocycles. The number of nitrogens with one attached hydrogen (secondary N) is 4. The minimum Gasteiger partial charge on any atom is -0.508 e. The molecule has 0 unspecified atom stereocenters. The molecule has 0 aliphatic heterocycles. The Morgan fingerprint density at radius 1 is 1.23 bits per heavy atom. The minimum absolute atomic E-state index is 0.182. The summed E-state index contributed by atoms with van der Waals surface area (Å²) in [5.74, 6) is 0.985. The van der Waals surface area contributed by atoms with Gasteiger partial charge in [-0.15, -0.1) is 0 Å². The predicted molar refractivity (Wildman–Crippen MR) is 104 cm³/mol. The fraction of sp³-hybridized carbons (Fsp3) is 0.278. The van der Waals surface area contributed by atoms with E-state index in [9.17, 15) is 5.11 Å². The first-order valence-electron chi connectivity index (χ1n) is 8.50.